The zero-order valence-electron chi connectivity index (χ0n) is 43.0. The number of benzene rings is 12. The van der Waals surface area contributed by atoms with Crippen molar-refractivity contribution in [2.24, 2.45) is 0 Å². The topological polar surface area (TPSA) is 9.86 Å². The first-order valence-corrected chi connectivity index (χ1v) is 26.8. The molecule has 3 aliphatic carbocycles. The van der Waals surface area contributed by atoms with E-state index in [1.54, 1.807) is 0 Å². The van der Waals surface area contributed by atoms with Gasteiger partial charge in [-0.2, -0.15) is 0 Å². The molecule has 0 saturated heterocycles. The van der Waals surface area contributed by atoms with Gasteiger partial charge in [0.25, 0.3) is 0 Å². The molecular formula is C73H52N2. The van der Waals surface area contributed by atoms with Crippen molar-refractivity contribution in [1.82, 2.24) is 9.13 Å². The Morgan fingerprint density at radius 2 is 0.573 bits per heavy atom. The van der Waals surface area contributed by atoms with Gasteiger partial charge >= 0.3 is 0 Å². The predicted octanol–water partition coefficient (Wildman–Crippen LogP) is 19.4. The monoisotopic (exact) mass is 956 g/mol. The van der Waals surface area contributed by atoms with Gasteiger partial charge in [0.2, 0.25) is 0 Å². The van der Waals surface area contributed by atoms with E-state index in [-0.39, 0.29) is 16.2 Å². The quantitative estimate of drug-likeness (QED) is 0.163. The lowest BCUT2D eigenvalue weighted by Gasteiger charge is -2.25. The van der Waals surface area contributed by atoms with E-state index in [0.717, 1.165) is 0 Å². The minimum Gasteiger partial charge on any atom is -0.309 e. The Bertz CT molecular complexity index is 4660. The van der Waals surface area contributed by atoms with E-state index in [1.165, 1.54) is 165 Å². The molecular weight excluding hydrogens is 905 g/mol. The first-order chi connectivity index (χ1) is 36.5. The number of aromatic nitrogens is 2. The second kappa shape index (κ2) is 13.9. The normalized spacial score (nSPS) is 15.4. The summed E-state index contributed by atoms with van der Waals surface area (Å²) in [6, 6.07) is 78.9. The molecule has 2 aromatic heterocycles. The van der Waals surface area contributed by atoms with Crippen molar-refractivity contribution in [1.29, 1.82) is 0 Å². The Labute approximate surface area is 435 Å². The van der Waals surface area contributed by atoms with Crippen molar-refractivity contribution < 1.29 is 0 Å². The Morgan fingerprint density at radius 3 is 1.00 bits per heavy atom. The van der Waals surface area contributed by atoms with Gasteiger partial charge in [-0.3, -0.25) is 0 Å². The highest BCUT2D eigenvalue weighted by Gasteiger charge is 2.46. The molecule has 2 nitrogen and oxygen atoms in total. The van der Waals surface area contributed by atoms with Gasteiger partial charge in [0, 0.05) is 48.6 Å². The molecule has 0 amide bonds. The van der Waals surface area contributed by atoms with Crippen LogP contribution in [0.2, 0.25) is 0 Å². The molecule has 14 aromatic rings. The zero-order valence-corrected chi connectivity index (χ0v) is 43.0. The van der Waals surface area contributed by atoms with Crippen molar-refractivity contribution >= 4 is 86.7 Å². The molecule has 75 heavy (non-hydrogen) atoms. The molecule has 0 fully saturated rings. The molecule has 0 atom stereocenters. The first kappa shape index (κ1) is 41.7. The fourth-order valence-electron chi connectivity index (χ4n) is 15.2. The molecule has 0 aliphatic heterocycles. The highest BCUT2D eigenvalue weighted by Crippen LogP contribution is 2.61. The maximum absolute atomic E-state index is 2.61. The standard InChI is InChI=1S/C73H52N2/c1-71(2)55-37-53-57(72(3,4)59-39-65(45-23-11-13-25-47(45)67(53)59)74-61-29-17-15-27-49(61)69-43-21-9-7-19-41(43)31-33-63(69)74)35-51(55)52-36-58-54(38-56(52)71)68-48-26-14-12-24-46(48)66(40-60(68)73(58,5)6)75-62-30-18-16-28-50(62)70-44-22-10-8-20-42(44)32-34-64(70)75/h7-40H,1-6H3. The minimum atomic E-state index is -0.253. The number of hydrogen-bond acceptors (Lipinski definition) is 0. The van der Waals surface area contributed by atoms with Crippen molar-refractivity contribution in [2.75, 3.05) is 0 Å². The van der Waals surface area contributed by atoms with Crippen LogP contribution in [-0.2, 0) is 16.2 Å². The van der Waals surface area contributed by atoms with Crippen molar-refractivity contribution in [3.63, 3.8) is 0 Å². The zero-order chi connectivity index (χ0) is 50.0. The summed E-state index contributed by atoms with van der Waals surface area (Å²) in [6.07, 6.45) is 0. The van der Waals surface area contributed by atoms with Crippen LogP contribution in [0.25, 0.3) is 131 Å². The average molecular weight is 957 g/mol. The highest BCUT2D eigenvalue weighted by molar-refractivity contribution is 6.24. The van der Waals surface area contributed by atoms with Gasteiger partial charge in [-0.15, -0.1) is 0 Å². The minimum absolute atomic E-state index is 0.225. The molecule has 12 aromatic carbocycles. The van der Waals surface area contributed by atoms with Gasteiger partial charge < -0.3 is 9.13 Å². The molecule has 17 rings (SSSR count). The lowest BCUT2D eigenvalue weighted by molar-refractivity contribution is 0.649. The number of hydrogen-bond donors (Lipinski definition) is 0. The summed E-state index contributed by atoms with van der Waals surface area (Å²) in [7, 11) is 0. The Kier molecular flexibility index (Phi) is 7.73. The number of rotatable bonds is 2. The fourth-order valence-corrected chi connectivity index (χ4v) is 15.2. The lowest BCUT2D eigenvalue weighted by Crippen LogP contribution is -2.17. The van der Waals surface area contributed by atoms with E-state index in [4.69, 9.17) is 0 Å². The molecule has 0 bridgehead atoms. The van der Waals surface area contributed by atoms with E-state index in [1.807, 2.05) is 0 Å². The Morgan fingerprint density at radius 1 is 0.253 bits per heavy atom. The van der Waals surface area contributed by atoms with E-state index in [2.05, 4.69) is 257 Å². The highest BCUT2D eigenvalue weighted by atomic mass is 15.0. The molecule has 2 heterocycles. The summed E-state index contributed by atoms with van der Waals surface area (Å²) >= 11 is 0. The van der Waals surface area contributed by atoms with Crippen molar-refractivity contribution in [3.05, 3.63) is 240 Å². The van der Waals surface area contributed by atoms with E-state index in [9.17, 15) is 0 Å². The Hall–Kier alpha value is -8.72. The summed E-state index contributed by atoms with van der Waals surface area (Å²) in [4.78, 5) is 0. The molecule has 0 unspecified atom stereocenters. The van der Waals surface area contributed by atoms with Gasteiger partial charge in [-0.25, -0.2) is 0 Å². The largest absolute Gasteiger partial charge is 0.309 e. The van der Waals surface area contributed by atoms with Gasteiger partial charge in [-0.05, 0) is 160 Å². The van der Waals surface area contributed by atoms with Crippen molar-refractivity contribution in [2.45, 2.75) is 57.8 Å². The van der Waals surface area contributed by atoms with E-state index >= 15 is 0 Å². The maximum atomic E-state index is 2.61. The summed E-state index contributed by atoms with van der Waals surface area (Å²) < 4.78 is 5.10. The third-order valence-electron chi connectivity index (χ3n) is 18.8. The molecule has 354 valence electrons. The van der Waals surface area contributed by atoms with Gasteiger partial charge in [0.15, 0.2) is 0 Å². The third kappa shape index (κ3) is 5.06. The van der Waals surface area contributed by atoms with Gasteiger partial charge in [0.05, 0.1) is 33.4 Å². The fraction of sp³-hybridized carbons (Fsp3) is 0.123. The molecule has 0 saturated carbocycles. The maximum Gasteiger partial charge on any atom is 0.0547 e. The van der Waals surface area contributed by atoms with Crippen molar-refractivity contribution in [3.8, 4) is 44.8 Å². The summed E-state index contributed by atoms with van der Waals surface area (Å²) in [5.41, 5.74) is 23.4. The Balaban J connectivity index is 0.857. The number of para-hydroxylation sites is 2. The van der Waals surface area contributed by atoms with Crippen LogP contribution >= 0.6 is 0 Å². The first-order valence-electron chi connectivity index (χ1n) is 26.8. The second-order valence-electron chi connectivity index (χ2n) is 23.6. The third-order valence-corrected chi connectivity index (χ3v) is 18.8. The molecule has 2 heteroatoms. The summed E-state index contributed by atoms with van der Waals surface area (Å²) in [5.74, 6) is 0. The van der Waals surface area contributed by atoms with Crippen LogP contribution < -0.4 is 0 Å². The van der Waals surface area contributed by atoms with Crippen LogP contribution in [0.3, 0.4) is 0 Å². The van der Waals surface area contributed by atoms with Crippen LogP contribution in [-0.4, -0.2) is 9.13 Å². The summed E-state index contributed by atoms with van der Waals surface area (Å²) in [5, 5.41) is 15.5. The molecule has 0 spiro atoms. The van der Waals surface area contributed by atoms with Crippen LogP contribution in [0.15, 0.2) is 206 Å². The summed E-state index contributed by atoms with van der Waals surface area (Å²) in [6.45, 7) is 14.8. The van der Waals surface area contributed by atoms with E-state index < -0.39 is 0 Å². The number of fused-ring (bicyclic) bond motifs is 23. The average Bonchev–Trinajstić information content (AvgIpc) is 4.15. The smallest absolute Gasteiger partial charge is 0.0547 e. The second-order valence-corrected chi connectivity index (χ2v) is 23.6. The molecule has 0 radical (unpaired) electrons. The predicted molar refractivity (Wildman–Crippen MR) is 318 cm³/mol. The van der Waals surface area contributed by atoms with Crippen LogP contribution in [0, 0.1) is 0 Å². The van der Waals surface area contributed by atoms with Crippen LogP contribution in [0.4, 0.5) is 0 Å². The molecule has 3 aliphatic rings. The van der Waals surface area contributed by atoms with Crippen LogP contribution in [0.1, 0.15) is 74.9 Å². The number of nitrogens with zero attached hydrogens (tertiary/aromatic N) is 2. The van der Waals surface area contributed by atoms with Crippen LogP contribution in [0.5, 0.6) is 0 Å². The van der Waals surface area contributed by atoms with E-state index in [0.29, 0.717) is 0 Å². The lowest BCUT2D eigenvalue weighted by atomic mass is 9.78. The SMILES string of the molecule is CC1(C)c2cc3c(cc2-c2cc4c(cc21)-c1c(cc(-n2c5ccccc5c5c6ccccc6ccc52)c2ccccc12)C4(C)C)C(C)(C)c1cc(-n2c4ccccc4c4c5ccccc5ccc42)c2ccccc2c1-3. The van der Waals surface area contributed by atoms with Gasteiger partial charge in [0.1, 0.15) is 0 Å². The van der Waals surface area contributed by atoms with Gasteiger partial charge in [-0.1, -0.05) is 187 Å². The molecule has 0 N–H and O–H groups in total.